The average Bonchev–Trinajstić information content (AvgIpc) is 3.00. The monoisotopic (exact) mass is 276 g/mol. The predicted octanol–water partition coefficient (Wildman–Crippen LogP) is 1.86. The molecular formula is C14H20N4O2. The van der Waals surface area contributed by atoms with E-state index in [1.165, 1.54) is 6.42 Å². The first-order valence-corrected chi connectivity index (χ1v) is 7.17. The van der Waals surface area contributed by atoms with Gasteiger partial charge in [0.25, 0.3) is 0 Å². The Labute approximate surface area is 117 Å². The van der Waals surface area contributed by atoms with Gasteiger partial charge in [-0.2, -0.15) is 0 Å². The second kappa shape index (κ2) is 5.36. The Morgan fingerprint density at radius 3 is 2.80 bits per heavy atom. The standard InChI is InChI=1S/C14H20N4O2/c1-11-7-12(16-20-11)9-18-10-13(15-17-18)8-14(19)5-3-2-4-6-14/h7,10,19H,2-6,8-9H2,1H3. The number of hydrogen-bond donors (Lipinski definition) is 1. The number of rotatable bonds is 4. The van der Waals surface area contributed by atoms with Crippen LogP contribution in [0.5, 0.6) is 0 Å². The second-order valence-electron chi connectivity index (χ2n) is 5.80. The SMILES string of the molecule is Cc1cc(Cn2cc(CC3(O)CCCCC3)nn2)no1. The molecule has 2 heterocycles. The molecule has 1 aliphatic carbocycles. The van der Waals surface area contributed by atoms with Crippen LogP contribution in [0.25, 0.3) is 0 Å². The fraction of sp³-hybridized carbons (Fsp3) is 0.643. The van der Waals surface area contributed by atoms with Crippen LogP contribution in [0.15, 0.2) is 16.8 Å². The lowest BCUT2D eigenvalue weighted by atomic mass is 9.82. The maximum atomic E-state index is 10.5. The Kier molecular flexibility index (Phi) is 3.56. The molecule has 1 fully saturated rings. The molecule has 1 aliphatic rings. The van der Waals surface area contributed by atoms with Crippen LogP contribution in [-0.4, -0.2) is 30.9 Å². The Morgan fingerprint density at radius 2 is 2.10 bits per heavy atom. The molecule has 0 saturated heterocycles. The molecule has 0 aliphatic heterocycles. The lowest BCUT2D eigenvalue weighted by Crippen LogP contribution is -2.33. The van der Waals surface area contributed by atoms with E-state index in [1.807, 2.05) is 19.2 Å². The first-order valence-electron chi connectivity index (χ1n) is 7.17. The maximum Gasteiger partial charge on any atom is 0.133 e. The van der Waals surface area contributed by atoms with Gasteiger partial charge in [-0.05, 0) is 19.8 Å². The molecule has 20 heavy (non-hydrogen) atoms. The zero-order valence-corrected chi connectivity index (χ0v) is 11.7. The summed E-state index contributed by atoms with van der Waals surface area (Å²) >= 11 is 0. The van der Waals surface area contributed by atoms with E-state index in [0.717, 1.165) is 42.8 Å². The van der Waals surface area contributed by atoms with Gasteiger partial charge in [-0.15, -0.1) is 5.10 Å². The average molecular weight is 276 g/mol. The normalized spacial score (nSPS) is 18.3. The minimum Gasteiger partial charge on any atom is -0.389 e. The third-order valence-corrected chi connectivity index (χ3v) is 3.88. The molecule has 108 valence electrons. The largest absolute Gasteiger partial charge is 0.389 e. The van der Waals surface area contributed by atoms with Crippen molar-refractivity contribution >= 4 is 0 Å². The van der Waals surface area contributed by atoms with Crippen molar-refractivity contribution in [3.8, 4) is 0 Å². The van der Waals surface area contributed by atoms with Crippen molar-refractivity contribution in [2.75, 3.05) is 0 Å². The van der Waals surface area contributed by atoms with Gasteiger partial charge in [-0.1, -0.05) is 29.6 Å². The summed E-state index contributed by atoms with van der Waals surface area (Å²) in [6.07, 6.45) is 7.62. The van der Waals surface area contributed by atoms with Gasteiger partial charge in [0.2, 0.25) is 0 Å². The summed E-state index contributed by atoms with van der Waals surface area (Å²) in [7, 11) is 0. The Morgan fingerprint density at radius 1 is 1.30 bits per heavy atom. The van der Waals surface area contributed by atoms with Crippen LogP contribution in [0.1, 0.15) is 49.3 Å². The van der Waals surface area contributed by atoms with Gasteiger partial charge >= 0.3 is 0 Å². The molecular weight excluding hydrogens is 256 g/mol. The molecule has 1 saturated carbocycles. The van der Waals surface area contributed by atoms with E-state index < -0.39 is 5.60 Å². The lowest BCUT2D eigenvalue weighted by molar-refractivity contribution is 0.00364. The molecule has 2 aromatic rings. The first kappa shape index (κ1) is 13.3. The highest BCUT2D eigenvalue weighted by Crippen LogP contribution is 2.30. The van der Waals surface area contributed by atoms with Crippen molar-refractivity contribution < 1.29 is 9.63 Å². The summed E-state index contributed by atoms with van der Waals surface area (Å²) in [4.78, 5) is 0. The summed E-state index contributed by atoms with van der Waals surface area (Å²) in [5.74, 6) is 0.789. The van der Waals surface area contributed by atoms with Gasteiger partial charge in [-0.25, -0.2) is 4.68 Å². The summed E-state index contributed by atoms with van der Waals surface area (Å²) < 4.78 is 6.76. The van der Waals surface area contributed by atoms with E-state index in [4.69, 9.17) is 4.52 Å². The summed E-state index contributed by atoms with van der Waals surface area (Å²) in [5.41, 5.74) is 1.08. The molecule has 3 rings (SSSR count). The topological polar surface area (TPSA) is 77.0 Å². The smallest absolute Gasteiger partial charge is 0.133 e. The van der Waals surface area contributed by atoms with Crippen LogP contribution in [0, 0.1) is 6.92 Å². The third-order valence-electron chi connectivity index (χ3n) is 3.88. The molecule has 2 aromatic heterocycles. The van der Waals surface area contributed by atoms with Gasteiger partial charge in [-0.3, -0.25) is 0 Å². The van der Waals surface area contributed by atoms with Crippen molar-refractivity contribution in [3.05, 3.63) is 29.4 Å². The Bertz CT molecular complexity index is 569. The maximum absolute atomic E-state index is 10.5. The molecule has 6 nitrogen and oxygen atoms in total. The number of hydrogen-bond acceptors (Lipinski definition) is 5. The van der Waals surface area contributed by atoms with Crippen molar-refractivity contribution in [3.63, 3.8) is 0 Å². The second-order valence-corrected chi connectivity index (χ2v) is 5.80. The van der Waals surface area contributed by atoms with Crippen molar-refractivity contribution in [2.45, 2.75) is 57.6 Å². The van der Waals surface area contributed by atoms with E-state index in [0.29, 0.717) is 13.0 Å². The third kappa shape index (κ3) is 3.07. The highest BCUT2D eigenvalue weighted by atomic mass is 16.5. The molecule has 0 unspecified atom stereocenters. The van der Waals surface area contributed by atoms with Crippen molar-refractivity contribution in [1.29, 1.82) is 0 Å². The quantitative estimate of drug-likeness (QED) is 0.922. The summed E-state index contributed by atoms with van der Waals surface area (Å²) in [6, 6.07) is 1.88. The minimum absolute atomic E-state index is 0.544. The molecule has 0 amide bonds. The predicted molar refractivity (Wildman–Crippen MR) is 72.1 cm³/mol. The molecule has 0 aromatic carbocycles. The van der Waals surface area contributed by atoms with E-state index >= 15 is 0 Å². The van der Waals surface area contributed by atoms with Gasteiger partial charge in [0.1, 0.15) is 11.5 Å². The molecule has 6 heteroatoms. The molecule has 0 radical (unpaired) electrons. The van der Waals surface area contributed by atoms with Crippen LogP contribution in [0.2, 0.25) is 0 Å². The van der Waals surface area contributed by atoms with Crippen LogP contribution < -0.4 is 0 Å². The fourth-order valence-electron chi connectivity index (χ4n) is 2.88. The summed E-state index contributed by atoms with van der Waals surface area (Å²) in [6.45, 7) is 2.41. The van der Waals surface area contributed by atoms with Gasteiger partial charge in [0.15, 0.2) is 0 Å². The van der Waals surface area contributed by atoms with Crippen molar-refractivity contribution in [1.82, 2.24) is 20.2 Å². The van der Waals surface area contributed by atoms with E-state index in [2.05, 4.69) is 15.5 Å². The van der Waals surface area contributed by atoms with Crippen LogP contribution in [0.3, 0.4) is 0 Å². The van der Waals surface area contributed by atoms with E-state index in [-0.39, 0.29) is 0 Å². The molecule has 0 atom stereocenters. The highest BCUT2D eigenvalue weighted by Gasteiger charge is 2.30. The lowest BCUT2D eigenvalue weighted by Gasteiger charge is -2.31. The van der Waals surface area contributed by atoms with Gasteiger partial charge in [0.05, 0.1) is 17.8 Å². The van der Waals surface area contributed by atoms with Crippen molar-refractivity contribution in [2.24, 2.45) is 0 Å². The molecule has 0 spiro atoms. The van der Waals surface area contributed by atoms with E-state index in [1.54, 1.807) is 4.68 Å². The highest BCUT2D eigenvalue weighted by molar-refractivity contribution is 5.05. The van der Waals surface area contributed by atoms with Crippen LogP contribution >= 0.6 is 0 Å². The first-order chi connectivity index (χ1) is 9.63. The molecule has 1 N–H and O–H groups in total. The van der Waals surface area contributed by atoms with E-state index in [9.17, 15) is 5.11 Å². The number of aryl methyl sites for hydroxylation is 1. The fourth-order valence-corrected chi connectivity index (χ4v) is 2.88. The number of aromatic nitrogens is 4. The Balaban J connectivity index is 1.64. The molecule has 0 bridgehead atoms. The zero-order valence-electron chi connectivity index (χ0n) is 11.7. The number of nitrogens with zero attached hydrogens (tertiary/aromatic N) is 4. The summed E-state index contributed by atoms with van der Waals surface area (Å²) in [5, 5.41) is 22.7. The van der Waals surface area contributed by atoms with Gasteiger partial charge in [0, 0.05) is 18.7 Å². The number of aliphatic hydroxyl groups is 1. The Hall–Kier alpha value is -1.69. The zero-order chi connectivity index (χ0) is 14.0. The van der Waals surface area contributed by atoms with Crippen LogP contribution in [0.4, 0.5) is 0 Å². The minimum atomic E-state index is -0.594. The van der Waals surface area contributed by atoms with Crippen LogP contribution in [-0.2, 0) is 13.0 Å². The van der Waals surface area contributed by atoms with Gasteiger partial charge < -0.3 is 9.63 Å².